The lowest BCUT2D eigenvalue weighted by Crippen LogP contribution is -2.33. The molecule has 0 aliphatic rings. The molecule has 1 aromatic heterocycles. The number of fused-ring (bicyclic) bond motifs is 1. The van der Waals surface area contributed by atoms with E-state index in [9.17, 15) is 18.0 Å². The summed E-state index contributed by atoms with van der Waals surface area (Å²) in [6.07, 6.45) is -4.44. The number of para-hydroxylation sites is 1. The van der Waals surface area contributed by atoms with Crippen LogP contribution in [0.2, 0.25) is 0 Å². The molecular weight excluding hydrogens is 299 g/mol. The third kappa shape index (κ3) is 4.00. The van der Waals surface area contributed by atoms with Gasteiger partial charge < -0.3 is 14.1 Å². The van der Waals surface area contributed by atoms with Gasteiger partial charge in [-0.3, -0.25) is 4.79 Å². The van der Waals surface area contributed by atoms with Crippen LogP contribution < -0.4 is 0 Å². The second-order valence-electron chi connectivity index (χ2n) is 4.98. The lowest BCUT2D eigenvalue weighted by molar-refractivity contribution is -0.178. The van der Waals surface area contributed by atoms with Crippen molar-refractivity contribution in [2.75, 3.05) is 20.3 Å². The molecule has 0 spiro atoms. The van der Waals surface area contributed by atoms with Gasteiger partial charge in [-0.05, 0) is 19.1 Å². The largest absolute Gasteiger partial charge is 0.459 e. The highest BCUT2D eigenvalue weighted by molar-refractivity contribution is 5.79. The average molecular weight is 315 g/mol. The van der Waals surface area contributed by atoms with Gasteiger partial charge in [-0.2, -0.15) is 13.2 Å². The smallest absolute Gasteiger partial charge is 0.411 e. The summed E-state index contributed by atoms with van der Waals surface area (Å²) in [5.74, 6) is 0.0186. The molecular formula is C15H16F3NO3. The fourth-order valence-corrected chi connectivity index (χ4v) is 1.97. The first-order valence-corrected chi connectivity index (χ1v) is 6.66. The number of likely N-dealkylation sites (N-methyl/N-ethyl adjacent to an activating group) is 1. The normalized spacial score (nSPS) is 13.3. The van der Waals surface area contributed by atoms with E-state index in [0.717, 1.165) is 5.39 Å². The molecule has 1 aromatic carbocycles. The van der Waals surface area contributed by atoms with Crippen molar-refractivity contribution in [3.63, 3.8) is 0 Å². The SMILES string of the molecule is CC(c1cc2ccccc2o1)N(C)C(=O)COCC(F)(F)F. The van der Waals surface area contributed by atoms with Crippen molar-refractivity contribution in [2.45, 2.75) is 19.1 Å². The van der Waals surface area contributed by atoms with Gasteiger partial charge in [0.2, 0.25) is 5.91 Å². The minimum atomic E-state index is -4.44. The van der Waals surface area contributed by atoms with Crippen LogP contribution in [0.4, 0.5) is 13.2 Å². The number of benzene rings is 1. The Balaban J connectivity index is 1.98. The molecule has 7 heteroatoms. The highest BCUT2D eigenvalue weighted by atomic mass is 19.4. The minimum absolute atomic E-state index is 0.408. The molecule has 4 nitrogen and oxygen atoms in total. The Bertz CT molecular complexity index is 618. The number of nitrogens with zero attached hydrogens (tertiary/aromatic N) is 1. The number of hydrogen-bond donors (Lipinski definition) is 0. The van der Waals surface area contributed by atoms with E-state index >= 15 is 0 Å². The van der Waals surface area contributed by atoms with E-state index in [4.69, 9.17) is 4.42 Å². The molecule has 1 amide bonds. The number of hydrogen-bond acceptors (Lipinski definition) is 3. The topological polar surface area (TPSA) is 42.7 Å². The van der Waals surface area contributed by atoms with E-state index in [2.05, 4.69) is 4.74 Å². The highest BCUT2D eigenvalue weighted by Crippen LogP contribution is 2.26. The van der Waals surface area contributed by atoms with E-state index in [1.807, 2.05) is 18.2 Å². The van der Waals surface area contributed by atoms with E-state index in [1.54, 1.807) is 19.1 Å². The summed E-state index contributed by atoms with van der Waals surface area (Å²) in [4.78, 5) is 13.2. The Morgan fingerprint density at radius 2 is 2.05 bits per heavy atom. The van der Waals surface area contributed by atoms with Gasteiger partial charge >= 0.3 is 6.18 Å². The van der Waals surface area contributed by atoms with Crippen molar-refractivity contribution >= 4 is 16.9 Å². The Labute approximate surface area is 125 Å². The van der Waals surface area contributed by atoms with Crippen LogP contribution in [0.3, 0.4) is 0 Å². The van der Waals surface area contributed by atoms with Gasteiger partial charge in [0.25, 0.3) is 0 Å². The van der Waals surface area contributed by atoms with Crippen molar-refractivity contribution < 1.29 is 27.1 Å². The zero-order valence-electron chi connectivity index (χ0n) is 12.2. The minimum Gasteiger partial charge on any atom is -0.459 e. The van der Waals surface area contributed by atoms with Crippen molar-refractivity contribution in [1.29, 1.82) is 0 Å². The van der Waals surface area contributed by atoms with Crippen LogP contribution in [-0.4, -0.2) is 37.2 Å². The zero-order chi connectivity index (χ0) is 16.3. The molecule has 0 aliphatic carbocycles. The highest BCUT2D eigenvalue weighted by Gasteiger charge is 2.28. The molecule has 0 fully saturated rings. The molecule has 2 rings (SSSR count). The monoisotopic (exact) mass is 315 g/mol. The molecule has 0 saturated heterocycles. The predicted molar refractivity (Wildman–Crippen MR) is 74.3 cm³/mol. The summed E-state index contributed by atoms with van der Waals surface area (Å²) in [6.45, 7) is -0.328. The first kappa shape index (κ1) is 16.4. The lowest BCUT2D eigenvalue weighted by atomic mass is 10.2. The maximum absolute atomic E-state index is 12.0. The number of ether oxygens (including phenoxy) is 1. The predicted octanol–water partition coefficient (Wildman–Crippen LogP) is 3.53. The molecule has 1 unspecified atom stereocenters. The molecule has 0 aliphatic heterocycles. The Morgan fingerprint density at radius 3 is 2.68 bits per heavy atom. The molecule has 2 aromatic rings. The van der Waals surface area contributed by atoms with E-state index in [1.165, 1.54) is 11.9 Å². The van der Waals surface area contributed by atoms with E-state index < -0.39 is 31.3 Å². The number of alkyl halides is 3. The van der Waals surface area contributed by atoms with Crippen LogP contribution in [0.25, 0.3) is 11.0 Å². The lowest BCUT2D eigenvalue weighted by Gasteiger charge is -2.23. The summed E-state index contributed by atoms with van der Waals surface area (Å²) in [6, 6.07) is 8.78. The van der Waals surface area contributed by atoms with Crippen LogP contribution in [0, 0.1) is 0 Å². The quantitative estimate of drug-likeness (QED) is 0.847. The Morgan fingerprint density at radius 1 is 1.36 bits per heavy atom. The first-order chi connectivity index (χ1) is 10.3. The van der Waals surface area contributed by atoms with Crippen molar-refractivity contribution in [2.24, 2.45) is 0 Å². The Kier molecular flexibility index (Phi) is 4.75. The molecule has 1 heterocycles. The summed E-state index contributed by atoms with van der Waals surface area (Å²) < 4.78 is 46.0. The third-order valence-corrected chi connectivity index (χ3v) is 3.32. The zero-order valence-corrected chi connectivity index (χ0v) is 12.2. The molecule has 1 atom stereocenters. The van der Waals surface area contributed by atoms with Gasteiger partial charge in [0.05, 0.1) is 6.04 Å². The maximum Gasteiger partial charge on any atom is 0.411 e. The van der Waals surface area contributed by atoms with Crippen LogP contribution in [0.5, 0.6) is 0 Å². The average Bonchev–Trinajstić information content (AvgIpc) is 2.88. The Hall–Kier alpha value is -2.02. The van der Waals surface area contributed by atoms with Gasteiger partial charge in [0.15, 0.2) is 0 Å². The van der Waals surface area contributed by atoms with Crippen LogP contribution >= 0.6 is 0 Å². The van der Waals surface area contributed by atoms with Crippen molar-refractivity contribution in [1.82, 2.24) is 4.90 Å². The second-order valence-corrected chi connectivity index (χ2v) is 4.98. The van der Waals surface area contributed by atoms with Crippen LogP contribution in [0.1, 0.15) is 18.7 Å². The standard InChI is InChI=1S/C15H16F3NO3/c1-10(13-7-11-5-3-4-6-12(11)22-13)19(2)14(20)8-21-9-15(16,17)18/h3-7,10H,8-9H2,1-2H3. The van der Waals surface area contributed by atoms with Crippen LogP contribution in [-0.2, 0) is 9.53 Å². The third-order valence-electron chi connectivity index (χ3n) is 3.32. The van der Waals surface area contributed by atoms with Crippen LogP contribution in [0.15, 0.2) is 34.7 Å². The molecule has 120 valence electrons. The van der Waals surface area contributed by atoms with Gasteiger partial charge in [-0.1, -0.05) is 18.2 Å². The molecule has 0 saturated carbocycles. The first-order valence-electron chi connectivity index (χ1n) is 6.66. The second kappa shape index (κ2) is 6.39. The summed E-state index contributed by atoms with van der Waals surface area (Å²) in [5.41, 5.74) is 0.693. The number of rotatable bonds is 5. The fraction of sp³-hybridized carbons (Fsp3) is 0.400. The molecule has 0 radical (unpaired) electrons. The van der Waals surface area contributed by atoms with Crippen molar-refractivity contribution in [3.05, 3.63) is 36.1 Å². The van der Waals surface area contributed by atoms with Crippen molar-refractivity contribution in [3.8, 4) is 0 Å². The number of carbonyl (C=O) groups is 1. The number of carbonyl (C=O) groups excluding carboxylic acids is 1. The van der Waals surface area contributed by atoms with Gasteiger partial charge in [-0.25, -0.2) is 0 Å². The van der Waals surface area contributed by atoms with Gasteiger partial charge in [0.1, 0.15) is 24.6 Å². The number of amides is 1. The summed E-state index contributed by atoms with van der Waals surface area (Å²) in [7, 11) is 1.50. The molecule has 0 bridgehead atoms. The summed E-state index contributed by atoms with van der Waals surface area (Å²) in [5, 5.41) is 0.901. The summed E-state index contributed by atoms with van der Waals surface area (Å²) >= 11 is 0. The molecule has 0 N–H and O–H groups in total. The number of halogens is 3. The van der Waals surface area contributed by atoms with Gasteiger partial charge in [-0.15, -0.1) is 0 Å². The fourth-order valence-electron chi connectivity index (χ4n) is 1.97. The number of furan rings is 1. The van der Waals surface area contributed by atoms with E-state index in [0.29, 0.717) is 11.3 Å². The maximum atomic E-state index is 12.0. The van der Waals surface area contributed by atoms with E-state index in [-0.39, 0.29) is 0 Å². The molecule has 22 heavy (non-hydrogen) atoms. The van der Waals surface area contributed by atoms with Gasteiger partial charge in [0, 0.05) is 12.4 Å².